The molecule has 142 valence electrons. The number of methoxy groups -OCH3 is 1. The van der Waals surface area contributed by atoms with Crippen LogP contribution in [0.25, 0.3) is 21.9 Å². The van der Waals surface area contributed by atoms with E-state index in [1.165, 1.54) is 31.4 Å². The molecular weight excluding hydrogens is 382 g/mol. The summed E-state index contributed by atoms with van der Waals surface area (Å²) in [6.45, 7) is 0. The van der Waals surface area contributed by atoms with E-state index in [4.69, 9.17) is 14.3 Å². The largest absolute Gasteiger partial charge is 0.495 e. The Balaban J connectivity index is 1.77. The Morgan fingerprint density at radius 2 is 1.71 bits per heavy atom. The van der Waals surface area contributed by atoms with Crippen LogP contribution in [-0.4, -0.2) is 26.6 Å². The van der Waals surface area contributed by atoms with Crippen LogP contribution in [0.4, 0.5) is 5.69 Å². The number of sulfonamides is 1. The number of hydrogen-bond acceptors (Lipinski definition) is 5. The van der Waals surface area contributed by atoms with E-state index in [1.807, 2.05) is 24.3 Å². The van der Waals surface area contributed by atoms with E-state index < -0.39 is 16.0 Å². The normalized spacial score (nSPS) is 11.6. The summed E-state index contributed by atoms with van der Waals surface area (Å²) in [5.41, 5.74) is 1.42. The molecule has 0 aliphatic carbocycles. The Morgan fingerprint density at radius 1 is 1.00 bits per heavy atom. The van der Waals surface area contributed by atoms with Crippen molar-refractivity contribution in [3.05, 3.63) is 66.2 Å². The average molecular weight is 397 g/mol. The number of para-hydroxylation sites is 1. The number of carboxylic acids is 1. The molecule has 0 aliphatic heterocycles. The van der Waals surface area contributed by atoms with Gasteiger partial charge in [0.05, 0.1) is 23.3 Å². The molecule has 0 amide bonds. The minimum Gasteiger partial charge on any atom is -0.495 e. The lowest BCUT2D eigenvalue weighted by atomic mass is 10.1. The van der Waals surface area contributed by atoms with Crippen LogP contribution in [-0.2, 0) is 10.0 Å². The van der Waals surface area contributed by atoms with E-state index >= 15 is 0 Å². The predicted octanol–water partition coefficient (Wildman–Crippen LogP) is 4.09. The van der Waals surface area contributed by atoms with Crippen LogP contribution < -0.4 is 9.46 Å². The molecule has 0 saturated heterocycles. The number of hydrogen-bond donors (Lipinski definition) is 2. The van der Waals surface area contributed by atoms with Gasteiger partial charge in [-0.1, -0.05) is 18.2 Å². The molecule has 1 aromatic heterocycles. The third kappa shape index (κ3) is 3.03. The van der Waals surface area contributed by atoms with Crippen molar-refractivity contribution < 1.29 is 27.5 Å². The van der Waals surface area contributed by atoms with Crippen molar-refractivity contribution in [2.24, 2.45) is 0 Å². The maximum absolute atomic E-state index is 12.7. The van der Waals surface area contributed by atoms with Crippen molar-refractivity contribution >= 4 is 43.6 Å². The van der Waals surface area contributed by atoms with E-state index in [-0.39, 0.29) is 16.1 Å². The maximum Gasteiger partial charge on any atom is 0.335 e. The number of fused-ring (bicyclic) bond motifs is 3. The highest BCUT2D eigenvalue weighted by molar-refractivity contribution is 7.92. The lowest BCUT2D eigenvalue weighted by molar-refractivity contribution is 0.0696. The first-order valence-electron chi connectivity index (χ1n) is 8.24. The van der Waals surface area contributed by atoms with Crippen LogP contribution in [0.3, 0.4) is 0 Å². The smallest absolute Gasteiger partial charge is 0.335 e. The minimum absolute atomic E-state index is 0.000209. The lowest BCUT2D eigenvalue weighted by Crippen LogP contribution is -2.14. The lowest BCUT2D eigenvalue weighted by Gasteiger charge is -2.12. The molecule has 3 aromatic carbocycles. The molecule has 2 N–H and O–H groups in total. The molecule has 4 rings (SSSR count). The van der Waals surface area contributed by atoms with Gasteiger partial charge in [-0.25, -0.2) is 13.2 Å². The first-order chi connectivity index (χ1) is 13.4. The van der Waals surface area contributed by atoms with E-state index in [1.54, 1.807) is 12.1 Å². The number of benzene rings is 3. The van der Waals surface area contributed by atoms with Gasteiger partial charge in [-0.15, -0.1) is 0 Å². The Morgan fingerprint density at radius 3 is 2.39 bits per heavy atom. The number of furan rings is 1. The molecule has 7 nitrogen and oxygen atoms in total. The molecule has 0 radical (unpaired) electrons. The Hall–Kier alpha value is -3.52. The van der Waals surface area contributed by atoms with Gasteiger partial charge >= 0.3 is 5.97 Å². The predicted molar refractivity (Wildman–Crippen MR) is 104 cm³/mol. The zero-order valence-corrected chi connectivity index (χ0v) is 15.5. The summed E-state index contributed by atoms with van der Waals surface area (Å²) in [5.74, 6) is -0.793. The van der Waals surface area contributed by atoms with Gasteiger partial charge < -0.3 is 14.3 Å². The van der Waals surface area contributed by atoms with Gasteiger partial charge in [-0.2, -0.15) is 0 Å². The monoisotopic (exact) mass is 397 g/mol. The van der Waals surface area contributed by atoms with E-state index in [0.717, 1.165) is 10.8 Å². The quantitative estimate of drug-likeness (QED) is 0.525. The maximum atomic E-state index is 12.7. The van der Waals surface area contributed by atoms with Gasteiger partial charge in [0.2, 0.25) is 0 Å². The van der Waals surface area contributed by atoms with Crippen molar-refractivity contribution in [2.45, 2.75) is 4.90 Å². The van der Waals surface area contributed by atoms with Gasteiger partial charge in [0, 0.05) is 16.8 Å². The SMILES string of the molecule is COc1cc2c(cc1NS(=O)(=O)c1ccc(C(=O)O)cc1)oc1ccccc12. The molecule has 4 aromatic rings. The fraction of sp³-hybridized carbons (Fsp3) is 0.0500. The Labute approximate surface area is 160 Å². The second-order valence-electron chi connectivity index (χ2n) is 6.08. The van der Waals surface area contributed by atoms with Crippen molar-refractivity contribution in [1.29, 1.82) is 0 Å². The number of ether oxygens (including phenoxy) is 1. The second-order valence-corrected chi connectivity index (χ2v) is 7.76. The van der Waals surface area contributed by atoms with Crippen LogP contribution in [0.2, 0.25) is 0 Å². The number of rotatable bonds is 5. The summed E-state index contributed by atoms with van der Waals surface area (Å²) in [5, 5.41) is 10.7. The van der Waals surface area contributed by atoms with Crippen LogP contribution in [0.15, 0.2) is 70.0 Å². The van der Waals surface area contributed by atoms with Gasteiger partial charge in [-0.05, 0) is 36.4 Å². The molecule has 8 heteroatoms. The van der Waals surface area contributed by atoms with Crippen LogP contribution >= 0.6 is 0 Å². The number of anilines is 1. The molecule has 0 unspecified atom stereocenters. The Bertz CT molecular complexity index is 1310. The molecule has 0 atom stereocenters. The molecule has 0 spiro atoms. The van der Waals surface area contributed by atoms with E-state index in [0.29, 0.717) is 16.9 Å². The summed E-state index contributed by atoms with van der Waals surface area (Å²) in [6, 6.07) is 15.7. The summed E-state index contributed by atoms with van der Waals surface area (Å²) < 4.78 is 39.1. The highest BCUT2D eigenvalue weighted by atomic mass is 32.2. The van der Waals surface area contributed by atoms with Crippen molar-refractivity contribution in [3.63, 3.8) is 0 Å². The third-order valence-electron chi connectivity index (χ3n) is 4.35. The summed E-state index contributed by atoms with van der Waals surface area (Å²) in [4.78, 5) is 10.9. The Kier molecular flexibility index (Phi) is 4.20. The van der Waals surface area contributed by atoms with Crippen molar-refractivity contribution in [1.82, 2.24) is 0 Å². The molecule has 0 fully saturated rings. The summed E-state index contributed by atoms with van der Waals surface area (Å²) in [7, 11) is -2.50. The molecule has 0 saturated carbocycles. The first kappa shape index (κ1) is 17.9. The minimum atomic E-state index is -3.95. The average Bonchev–Trinajstić information content (AvgIpc) is 3.04. The highest BCUT2D eigenvalue weighted by Crippen LogP contribution is 2.37. The van der Waals surface area contributed by atoms with Crippen LogP contribution in [0, 0.1) is 0 Å². The number of carboxylic acid groups (broad SMARTS) is 1. The topological polar surface area (TPSA) is 106 Å². The van der Waals surface area contributed by atoms with Crippen molar-refractivity contribution in [2.75, 3.05) is 11.8 Å². The molecular formula is C20H15NO6S. The highest BCUT2D eigenvalue weighted by Gasteiger charge is 2.19. The van der Waals surface area contributed by atoms with Gasteiger partial charge in [0.1, 0.15) is 16.9 Å². The number of nitrogens with one attached hydrogen (secondary N) is 1. The molecule has 0 bridgehead atoms. The van der Waals surface area contributed by atoms with Crippen molar-refractivity contribution in [3.8, 4) is 5.75 Å². The fourth-order valence-corrected chi connectivity index (χ4v) is 4.04. The van der Waals surface area contributed by atoms with E-state index in [2.05, 4.69) is 4.72 Å². The number of carbonyl (C=O) groups is 1. The zero-order chi connectivity index (χ0) is 19.9. The molecule has 0 aliphatic rings. The molecule has 1 heterocycles. The molecule has 28 heavy (non-hydrogen) atoms. The second kappa shape index (κ2) is 6.58. The zero-order valence-electron chi connectivity index (χ0n) is 14.7. The van der Waals surface area contributed by atoms with Gasteiger partial charge in [-0.3, -0.25) is 4.72 Å². The number of aromatic carboxylic acids is 1. The van der Waals surface area contributed by atoms with Gasteiger partial charge in [0.25, 0.3) is 10.0 Å². The summed E-state index contributed by atoms with van der Waals surface area (Å²) in [6.07, 6.45) is 0. The third-order valence-corrected chi connectivity index (χ3v) is 5.74. The standard InChI is InChI=1S/C20H15NO6S/c1-26-19-10-15-14-4-2-3-5-17(14)27-18(15)11-16(19)21-28(24,25)13-8-6-12(7-9-13)20(22)23/h2-11,21H,1H3,(H,22,23). The summed E-state index contributed by atoms with van der Waals surface area (Å²) >= 11 is 0. The van der Waals surface area contributed by atoms with Crippen LogP contribution in [0.5, 0.6) is 5.75 Å². The van der Waals surface area contributed by atoms with E-state index in [9.17, 15) is 13.2 Å². The fourth-order valence-electron chi connectivity index (χ4n) is 2.98. The van der Waals surface area contributed by atoms with Gasteiger partial charge in [0.15, 0.2) is 0 Å². The van der Waals surface area contributed by atoms with Crippen LogP contribution in [0.1, 0.15) is 10.4 Å². The first-order valence-corrected chi connectivity index (χ1v) is 9.73.